The van der Waals surface area contributed by atoms with Gasteiger partial charge in [0.25, 0.3) is 0 Å². The van der Waals surface area contributed by atoms with Gasteiger partial charge in [0.05, 0.1) is 5.52 Å². The molecule has 2 aromatic rings. The molecule has 1 fully saturated rings. The number of aromatic nitrogens is 1. The molecule has 0 amide bonds. The van der Waals surface area contributed by atoms with Crippen molar-refractivity contribution >= 4 is 23.3 Å². The molecule has 1 aromatic carbocycles. The van der Waals surface area contributed by atoms with Gasteiger partial charge in [-0.05, 0) is 60.1 Å². The second-order valence-corrected chi connectivity index (χ2v) is 5.47. The van der Waals surface area contributed by atoms with Gasteiger partial charge in [0.15, 0.2) is 0 Å². The summed E-state index contributed by atoms with van der Waals surface area (Å²) in [6, 6.07) is 6.95. The molecule has 2 nitrogen and oxygen atoms in total. The zero-order valence-electron chi connectivity index (χ0n) is 10.4. The minimum atomic E-state index is 0. The third kappa shape index (κ3) is 1.63. The minimum Gasteiger partial charge on any atom is -0.316 e. The van der Waals surface area contributed by atoms with Crippen molar-refractivity contribution in [2.45, 2.75) is 25.2 Å². The van der Waals surface area contributed by atoms with Crippen LogP contribution in [0.2, 0.25) is 0 Å². The molecule has 1 saturated heterocycles. The molecule has 3 heteroatoms. The molecule has 2 heterocycles. The number of fused-ring (bicyclic) bond motifs is 6. The van der Waals surface area contributed by atoms with Crippen molar-refractivity contribution < 1.29 is 0 Å². The SMILES string of the molecule is Cc1cnc2cc3c(cc2c1)C1CNCC3C1.Cl. The average Bonchev–Trinajstić information content (AvgIpc) is 2.59. The predicted octanol–water partition coefficient (Wildman–Crippen LogP) is 3.14. The summed E-state index contributed by atoms with van der Waals surface area (Å²) >= 11 is 0. The number of rotatable bonds is 0. The van der Waals surface area contributed by atoms with E-state index in [0.717, 1.165) is 30.4 Å². The third-order valence-corrected chi connectivity index (χ3v) is 4.25. The van der Waals surface area contributed by atoms with Crippen LogP contribution in [0.4, 0.5) is 0 Å². The largest absolute Gasteiger partial charge is 0.316 e. The van der Waals surface area contributed by atoms with E-state index in [1.54, 1.807) is 11.1 Å². The Balaban J connectivity index is 0.000001000. The summed E-state index contributed by atoms with van der Waals surface area (Å²) in [5, 5.41) is 4.84. The van der Waals surface area contributed by atoms with Gasteiger partial charge in [0.1, 0.15) is 0 Å². The van der Waals surface area contributed by atoms with Crippen LogP contribution in [-0.4, -0.2) is 18.1 Å². The Morgan fingerprint density at radius 2 is 1.83 bits per heavy atom. The predicted molar refractivity (Wildman–Crippen MR) is 76.7 cm³/mol. The first-order valence-electron chi connectivity index (χ1n) is 6.42. The highest BCUT2D eigenvalue weighted by Crippen LogP contribution is 2.44. The zero-order chi connectivity index (χ0) is 11.4. The van der Waals surface area contributed by atoms with E-state index in [0.29, 0.717) is 0 Å². The number of piperidine rings is 1. The Morgan fingerprint density at radius 1 is 1.11 bits per heavy atom. The number of pyridine rings is 1. The summed E-state index contributed by atoms with van der Waals surface area (Å²) in [6.45, 7) is 4.40. The highest BCUT2D eigenvalue weighted by atomic mass is 35.5. The van der Waals surface area contributed by atoms with E-state index in [-0.39, 0.29) is 12.4 Å². The van der Waals surface area contributed by atoms with Crippen molar-refractivity contribution in [3.63, 3.8) is 0 Å². The van der Waals surface area contributed by atoms with Crippen molar-refractivity contribution in [2.24, 2.45) is 0 Å². The average molecular weight is 261 g/mol. The third-order valence-electron chi connectivity index (χ3n) is 4.25. The maximum Gasteiger partial charge on any atom is 0.0705 e. The number of benzene rings is 1. The summed E-state index contributed by atoms with van der Waals surface area (Å²) in [5.41, 5.74) is 5.52. The Hall–Kier alpha value is -1.12. The molecule has 2 atom stereocenters. The van der Waals surface area contributed by atoms with E-state index < -0.39 is 0 Å². The lowest BCUT2D eigenvalue weighted by atomic mass is 9.98. The Labute approximate surface area is 113 Å². The van der Waals surface area contributed by atoms with Crippen LogP contribution in [0, 0.1) is 6.92 Å². The van der Waals surface area contributed by atoms with Crippen LogP contribution in [0.1, 0.15) is 34.9 Å². The van der Waals surface area contributed by atoms with Crippen LogP contribution in [-0.2, 0) is 0 Å². The van der Waals surface area contributed by atoms with Gasteiger partial charge in [-0.3, -0.25) is 4.98 Å². The molecular formula is C15H17ClN2. The minimum absolute atomic E-state index is 0. The quantitative estimate of drug-likeness (QED) is 0.787. The molecule has 1 aliphatic carbocycles. The van der Waals surface area contributed by atoms with Crippen molar-refractivity contribution in [3.05, 3.63) is 41.1 Å². The molecule has 0 spiro atoms. The van der Waals surface area contributed by atoms with Crippen LogP contribution in [0.3, 0.4) is 0 Å². The maximum atomic E-state index is 4.55. The van der Waals surface area contributed by atoms with Crippen LogP contribution in [0.25, 0.3) is 10.9 Å². The van der Waals surface area contributed by atoms with Crippen LogP contribution in [0.15, 0.2) is 24.4 Å². The normalized spacial score (nSPS) is 24.7. The molecule has 0 saturated carbocycles. The number of hydrogen-bond donors (Lipinski definition) is 1. The van der Waals surface area contributed by atoms with Gasteiger partial charge < -0.3 is 5.32 Å². The lowest BCUT2D eigenvalue weighted by molar-refractivity contribution is 0.454. The van der Waals surface area contributed by atoms with E-state index in [1.807, 2.05) is 6.20 Å². The standard InChI is InChI=1S/C15H16N2.ClH/c1-9-2-10-4-13-11-3-12(8-16-7-11)14(13)5-15(10)17-6-9;/h2,4-6,11-12,16H,3,7-8H2,1H3;1H. The van der Waals surface area contributed by atoms with Crippen molar-refractivity contribution in [1.29, 1.82) is 0 Å². The van der Waals surface area contributed by atoms with Gasteiger partial charge in [-0.15, -0.1) is 12.4 Å². The number of halogens is 1. The molecule has 2 aliphatic rings. The number of aryl methyl sites for hydroxylation is 1. The second kappa shape index (κ2) is 4.22. The number of nitrogens with zero attached hydrogens (tertiary/aromatic N) is 1. The second-order valence-electron chi connectivity index (χ2n) is 5.47. The maximum absolute atomic E-state index is 4.55. The Morgan fingerprint density at radius 3 is 2.61 bits per heavy atom. The van der Waals surface area contributed by atoms with Crippen LogP contribution in [0.5, 0.6) is 0 Å². The van der Waals surface area contributed by atoms with E-state index in [1.165, 1.54) is 17.4 Å². The summed E-state index contributed by atoms with van der Waals surface area (Å²) in [5.74, 6) is 1.45. The fourth-order valence-corrected chi connectivity index (χ4v) is 3.44. The van der Waals surface area contributed by atoms with Gasteiger partial charge >= 0.3 is 0 Å². The highest BCUT2D eigenvalue weighted by molar-refractivity contribution is 5.85. The molecule has 1 aliphatic heterocycles. The van der Waals surface area contributed by atoms with Gasteiger partial charge in [-0.1, -0.05) is 0 Å². The molecule has 1 aromatic heterocycles. The van der Waals surface area contributed by atoms with E-state index >= 15 is 0 Å². The summed E-state index contributed by atoms with van der Waals surface area (Å²) in [4.78, 5) is 4.55. The summed E-state index contributed by atoms with van der Waals surface area (Å²) < 4.78 is 0. The molecule has 2 bridgehead atoms. The van der Waals surface area contributed by atoms with Crippen LogP contribution >= 0.6 is 12.4 Å². The first kappa shape index (κ1) is 11.9. The van der Waals surface area contributed by atoms with Crippen molar-refractivity contribution in [2.75, 3.05) is 13.1 Å². The fraction of sp³-hybridized carbons (Fsp3) is 0.400. The molecule has 0 radical (unpaired) electrons. The Bertz CT molecular complexity index is 609. The van der Waals surface area contributed by atoms with Gasteiger partial charge in [0, 0.05) is 24.7 Å². The Kier molecular flexibility index (Phi) is 2.80. The monoisotopic (exact) mass is 260 g/mol. The van der Waals surface area contributed by atoms with Crippen molar-refractivity contribution in [3.8, 4) is 0 Å². The lowest BCUT2D eigenvalue weighted by Crippen LogP contribution is -2.28. The van der Waals surface area contributed by atoms with Gasteiger partial charge in [0.2, 0.25) is 0 Å². The molecule has 1 N–H and O–H groups in total. The first-order valence-corrected chi connectivity index (χ1v) is 6.42. The van der Waals surface area contributed by atoms with E-state index in [4.69, 9.17) is 0 Å². The molecule has 18 heavy (non-hydrogen) atoms. The van der Waals surface area contributed by atoms with Gasteiger partial charge in [-0.25, -0.2) is 0 Å². The van der Waals surface area contributed by atoms with Crippen molar-refractivity contribution in [1.82, 2.24) is 10.3 Å². The smallest absolute Gasteiger partial charge is 0.0705 e. The first-order chi connectivity index (χ1) is 8.31. The number of nitrogens with one attached hydrogen (secondary N) is 1. The highest BCUT2D eigenvalue weighted by Gasteiger charge is 2.34. The topological polar surface area (TPSA) is 24.9 Å². The zero-order valence-corrected chi connectivity index (χ0v) is 11.3. The molecule has 2 unspecified atom stereocenters. The molecule has 94 valence electrons. The fourth-order valence-electron chi connectivity index (χ4n) is 3.44. The van der Waals surface area contributed by atoms with E-state index in [2.05, 4.69) is 35.4 Å². The molecule has 4 rings (SSSR count). The van der Waals surface area contributed by atoms with E-state index in [9.17, 15) is 0 Å². The van der Waals surface area contributed by atoms with Crippen LogP contribution < -0.4 is 5.32 Å². The molecular weight excluding hydrogens is 244 g/mol. The lowest BCUT2D eigenvalue weighted by Gasteiger charge is -2.19. The number of hydrogen-bond acceptors (Lipinski definition) is 2. The van der Waals surface area contributed by atoms with Gasteiger partial charge in [-0.2, -0.15) is 0 Å². The summed E-state index contributed by atoms with van der Waals surface area (Å²) in [7, 11) is 0. The summed E-state index contributed by atoms with van der Waals surface area (Å²) in [6.07, 6.45) is 3.30.